The van der Waals surface area contributed by atoms with Crippen molar-refractivity contribution in [3.8, 4) is 0 Å². The number of nitrogens with two attached hydrogens (primary N) is 1. The van der Waals surface area contributed by atoms with Gasteiger partial charge in [-0.25, -0.2) is 0 Å². The highest BCUT2D eigenvalue weighted by atomic mass is 16.8. The topological polar surface area (TPSA) is 146 Å². The summed E-state index contributed by atoms with van der Waals surface area (Å²) in [6.07, 6.45) is 4.85. The zero-order valence-electron chi connectivity index (χ0n) is 30.8. The highest BCUT2D eigenvalue weighted by molar-refractivity contribution is 5.79. The number of aliphatic hydroxyl groups is 1. The smallest absolute Gasteiger partial charge is 0.172 e. The summed E-state index contributed by atoms with van der Waals surface area (Å²) in [5.74, 6) is -0.619. The standard InChI is InChI=1S/C40H59NO11/c1-19-11-24-5-7-28-20(2)12-26(45-28)9-10-40-17-33-36(51-40)37-38(50-33)39(52-40)35-29(49-37)8-6-25(47-35)13-22(42)14-27-31(16-30(46-24)21(19)3)48-32(34(27)44-4)15-23(43)18-41/h19,23-39,43H,2-3,5-18,41H2,1,4H3/t19-,23+,24+,25?,26?,27?,28?,29+,30?,31+,32-,33-,34-,35+,36+,37+,38-,39+,40+/m1/s1. The van der Waals surface area contributed by atoms with Crippen LogP contribution in [0, 0.1) is 11.8 Å². The van der Waals surface area contributed by atoms with E-state index >= 15 is 0 Å². The van der Waals surface area contributed by atoms with E-state index in [4.69, 9.17) is 48.4 Å². The summed E-state index contributed by atoms with van der Waals surface area (Å²) in [6, 6.07) is 0. The van der Waals surface area contributed by atoms with Gasteiger partial charge in [-0.2, -0.15) is 0 Å². The number of fused-ring (bicyclic) bond motifs is 6. The maximum absolute atomic E-state index is 14.1. The Labute approximate surface area is 307 Å². The van der Waals surface area contributed by atoms with Crippen LogP contribution in [0.15, 0.2) is 24.3 Å². The van der Waals surface area contributed by atoms with Gasteiger partial charge in [-0.3, -0.25) is 4.79 Å². The second kappa shape index (κ2) is 14.3. The van der Waals surface area contributed by atoms with Crippen LogP contribution in [0.2, 0.25) is 0 Å². The molecule has 3 N–H and O–H groups in total. The molecule has 0 aromatic carbocycles. The summed E-state index contributed by atoms with van der Waals surface area (Å²) >= 11 is 0. The molecule has 0 aromatic rings. The average molecular weight is 730 g/mol. The molecule has 12 nitrogen and oxygen atoms in total. The minimum atomic E-state index is -0.780. The van der Waals surface area contributed by atoms with Gasteiger partial charge in [0, 0.05) is 58.1 Å². The number of methoxy groups -OCH3 is 1. The normalized spacial score (nSPS) is 52.4. The van der Waals surface area contributed by atoms with Crippen LogP contribution in [-0.2, 0) is 47.4 Å². The lowest BCUT2D eigenvalue weighted by Gasteiger charge is -2.47. The first-order valence-corrected chi connectivity index (χ1v) is 20.2. The Morgan fingerprint density at radius 3 is 2.38 bits per heavy atom. The van der Waals surface area contributed by atoms with E-state index in [0.29, 0.717) is 25.7 Å². The van der Waals surface area contributed by atoms with Crippen molar-refractivity contribution in [3.05, 3.63) is 24.3 Å². The molecule has 0 aromatic heterocycles. The molecule has 52 heavy (non-hydrogen) atoms. The van der Waals surface area contributed by atoms with E-state index in [1.54, 1.807) is 7.11 Å². The van der Waals surface area contributed by atoms with E-state index in [0.717, 1.165) is 56.1 Å². The van der Waals surface area contributed by atoms with Gasteiger partial charge in [-0.05, 0) is 62.0 Å². The number of aliphatic hydroxyl groups excluding tert-OH is 1. The molecule has 0 radical (unpaired) electrons. The Morgan fingerprint density at radius 2 is 1.56 bits per heavy atom. The maximum Gasteiger partial charge on any atom is 0.172 e. The summed E-state index contributed by atoms with van der Waals surface area (Å²) < 4.78 is 60.0. The van der Waals surface area contributed by atoms with Crippen LogP contribution < -0.4 is 5.73 Å². The molecule has 5 unspecified atom stereocenters. The van der Waals surface area contributed by atoms with Gasteiger partial charge in [-0.15, -0.1) is 0 Å². The van der Waals surface area contributed by atoms with E-state index in [1.807, 2.05) is 0 Å². The number of carbonyl (C=O) groups excluding carboxylic acids is 1. The first kappa shape index (κ1) is 36.4. The van der Waals surface area contributed by atoms with E-state index < -0.39 is 18.0 Å². The Bertz CT molecular complexity index is 1380. The van der Waals surface area contributed by atoms with E-state index in [9.17, 15) is 9.90 Å². The Hall–Kier alpha value is -1.29. The first-order valence-electron chi connectivity index (χ1n) is 20.2. The second-order valence-corrected chi connectivity index (χ2v) is 17.4. The third-order valence-electron chi connectivity index (χ3n) is 14.0. The summed E-state index contributed by atoms with van der Waals surface area (Å²) in [5.41, 5.74) is 8.01. The van der Waals surface area contributed by atoms with Crippen molar-refractivity contribution >= 4 is 5.78 Å². The Balaban J connectivity index is 0.994. The van der Waals surface area contributed by atoms with Gasteiger partial charge in [0.15, 0.2) is 5.79 Å². The predicted molar refractivity (Wildman–Crippen MR) is 186 cm³/mol. The highest BCUT2D eigenvalue weighted by Gasteiger charge is 2.68. The van der Waals surface area contributed by atoms with Gasteiger partial charge in [0.25, 0.3) is 0 Å². The molecule has 10 saturated heterocycles. The molecule has 0 amide bonds. The van der Waals surface area contributed by atoms with Gasteiger partial charge in [0.05, 0.1) is 67.1 Å². The molecular weight excluding hydrogens is 670 g/mol. The zero-order valence-corrected chi connectivity index (χ0v) is 30.8. The van der Waals surface area contributed by atoms with E-state index in [1.165, 1.54) is 0 Å². The van der Waals surface area contributed by atoms with Gasteiger partial charge in [0.1, 0.15) is 36.3 Å². The SMILES string of the molecule is C=C1CC2CC[C@@]34C[C@H]5O[C@H]6[C@@H](O3)[C@H]3OC(CC[C@@H]3O[C@H]6[C@H]5O4)CC(=O)CC3[C@H](CC4O[C@@H](CCC1O2)C[C@@H](C)C4=C)O[C@H](C[C@H](O)CN)[C@@H]3OC. The molecule has 10 aliphatic heterocycles. The summed E-state index contributed by atoms with van der Waals surface area (Å²) in [7, 11) is 1.66. The third-order valence-corrected chi connectivity index (χ3v) is 14.0. The molecule has 10 fully saturated rings. The number of carbonyl (C=O) groups is 1. The fourth-order valence-corrected chi connectivity index (χ4v) is 11.3. The largest absolute Gasteiger partial charge is 0.392 e. The molecule has 12 bridgehead atoms. The molecule has 1 spiro atoms. The minimum absolute atomic E-state index is 0.0158. The lowest BCUT2D eigenvalue weighted by Crippen LogP contribution is -2.61. The highest BCUT2D eigenvalue weighted by Crippen LogP contribution is 2.54. The van der Waals surface area contributed by atoms with E-state index in [-0.39, 0.29) is 122 Å². The van der Waals surface area contributed by atoms with Crippen molar-refractivity contribution < 1.29 is 52.5 Å². The number of hydrogen-bond acceptors (Lipinski definition) is 12. The average Bonchev–Trinajstić information content (AvgIpc) is 3.79. The Kier molecular flexibility index (Phi) is 10.0. The van der Waals surface area contributed by atoms with Crippen LogP contribution in [0.1, 0.15) is 90.4 Å². The van der Waals surface area contributed by atoms with Crippen molar-refractivity contribution in [2.75, 3.05) is 13.7 Å². The summed E-state index contributed by atoms with van der Waals surface area (Å²) in [5, 5.41) is 10.5. The Morgan fingerprint density at radius 1 is 0.808 bits per heavy atom. The molecule has 0 saturated carbocycles. The van der Waals surface area contributed by atoms with Crippen molar-refractivity contribution in [1.82, 2.24) is 0 Å². The van der Waals surface area contributed by atoms with Crippen LogP contribution in [0.25, 0.3) is 0 Å². The first-order chi connectivity index (χ1) is 25.1. The predicted octanol–water partition coefficient (Wildman–Crippen LogP) is 3.44. The van der Waals surface area contributed by atoms with E-state index in [2.05, 4.69) is 20.1 Å². The fraction of sp³-hybridized carbons (Fsp3) is 0.875. The molecule has 10 rings (SSSR count). The lowest BCUT2D eigenvalue weighted by molar-refractivity contribution is -0.292. The van der Waals surface area contributed by atoms with Crippen LogP contribution in [-0.4, -0.2) is 128 Å². The molecule has 0 aliphatic carbocycles. The minimum Gasteiger partial charge on any atom is -0.392 e. The van der Waals surface area contributed by atoms with Crippen molar-refractivity contribution in [2.24, 2.45) is 17.6 Å². The second-order valence-electron chi connectivity index (χ2n) is 17.4. The van der Waals surface area contributed by atoms with Gasteiger partial charge in [-0.1, -0.05) is 20.1 Å². The lowest BCUT2D eigenvalue weighted by atomic mass is 9.81. The van der Waals surface area contributed by atoms with Crippen molar-refractivity contribution in [1.29, 1.82) is 0 Å². The molecule has 290 valence electrons. The fourth-order valence-electron chi connectivity index (χ4n) is 11.3. The zero-order chi connectivity index (χ0) is 35.9. The maximum atomic E-state index is 14.1. The monoisotopic (exact) mass is 729 g/mol. The number of Topliss-reactive ketones (excluding diaryl/α,β-unsaturated/α-hetero) is 1. The summed E-state index contributed by atoms with van der Waals surface area (Å²) in [6.45, 7) is 11.3. The number of ether oxygens (including phenoxy) is 9. The van der Waals surface area contributed by atoms with Crippen molar-refractivity contribution in [2.45, 2.75) is 194 Å². The molecule has 10 heterocycles. The molecule has 10 aliphatic rings. The number of rotatable bonds is 4. The van der Waals surface area contributed by atoms with Crippen LogP contribution in [0.4, 0.5) is 0 Å². The van der Waals surface area contributed by atoms with Crippen LogP contribution in [0.3, 0.4) is 0 Å². The molecule has 19 atom stereocenters. The molecule has 12 heteroatoms. The number of ketones is 1. The number of hydrogen-bond donors (Lipinski definition) is 2. The van der Waals surface area contributed by atoms with Crippen molar-refractivity contribution in [3.63, 3.8) is 0 Å². The summed E-state index contributed by atoms with van der Waals surface area (Å²) in [4.78, 5) is 14.1. The third kappa shape index (κ3) is 6.59. The van der Waals surface area contributed by atoms with Crippen LogP contribution >= 0.6 is 0 Å². The quantitative estimate of drug-likeness (QED) is 0.409. The molecular formula is C40H59NO11. The van der Waals surface area contributed by atoms with Crippen LogP contribution in [0.5, 0.6) is 0 Å². The van der Waals surface area contributed by atoms with Gasteiger partial charge >= 0.3 is 0 Å². The van der Waals surface area contributed by atoms with Gasteiger partial charge < -0.3 is 53.5 Å². The van der Waals surface area contributed by atoms with Gasteiger partial charge in [0.2, 0.25) is 0 Å².